The van der Waals surface area contributed by atoms with E-state index in [-0.39, 0.29) is 18.8 Å². The maximum atomic E-state index is 12.4. The number of benzene rings is 2. The number of esters is 1. The van der Waals surface area contributed by atoms with Gasteiger partial charge < -0.3 is 29.6 Å². The summed E-state index contributed by atoms with van der Waals surface area (Å²) in [6, 6.07) is 14.3. The lowest BCUT2D eigenvalue weighted by molar-refractivity contribution is 0.00880. The van der Waals surface area contributed by atoms with E-state index >= 15 is 0 Å². The van der Waals surface area contributed by atoms with Crippen molar-refractivity contribution >= 4 is 40.8 Å². The van der Waals surface area contributed by atoms with Gasteiger partial charge in [0, 0.05) is 11.4 Å². The zero-order valence-electron chi connectivity index (χ0n) is 19.8. The van der Waals surface area contributed by atoms with E-state index in [1.807, 2.05) is 24.3 Å². The predicted octanol–water partition coefficient (Wildman–Crippen LogP) is 3.67. The first-order valence-corrected chi connectivity index (χ1v) is 11.8. The minimum absolute atomic E-state index is 0.218. The van der Waals surface area contributed by atoms with Crippen LogP contribution in [0.3, 0.4) is 0 Å². The molecule has 4 rings (SSSR count). The summed E-state index contributed by atoms with van der Waals surface area (Å²) in [5, 5.41) is 9.35. The molecular formula is C25H29N3O6S. The molecule has 3 N–H and O–H groups in total. The van der Waals surface area contributed by atoms with Crippen LogP contribution in [0.4, 0.5) is 16.2 Å². The Morgan fingerprint density at radius 3 is 2.46 bits per heavy atom. The molecule has 2 heterocycles. The number of nitrogens with one attached hydrogen (secondary N) is 3. The molecule has 186 valence electrons. The van der Waals surface area contributed by atoms with Crippen LogP contribution in [0.25, 0.3) is 0 Å². The summed E-state index contributed by atoms with van der Waals surface area (Å²) in [7, 11) is 1.33. The highest BCUT2D eigenvalue weighted by Crippen LogP contribution is 2.29. The lowest BCUT2D eigenvalue weighted by Gasteiger charge is -2.20. The van der Waals surface area contributed by atoms with Crippen molar-refractivity contribution in [3.8, 4) is 0 Å². The van der Waals surface area contributed by atoms with E-state index in [1.165, 1.54) is 12.7 Å². The molecule has 0 bridgehead atoms. The molecular weight excluding hydrogens is 470 g/mol. The van der Waals surface area contributed by atoms with E-state index < -0.39 is 24.3 Å². The van der Waals surface area contributed by atoms with Crippen molar-refractivity contribution in [3.05, 3.63) is 59.7 Å². The minimum atomic E-state index is -0.556. The molecule has 9 nitrogen and oxygen atoms in total. The lowest BCUT2D eigenvalue weighted by atomic mass is 10.0. The second kappa shape index (κ2) is 11.0. The molecule has 2 aromatic carbocycles. The zero-order chi connectivity index (χ0) is 24.9. The summed E-state index contributed by atoms with van der Waals surface area (Å²) >= 11 is 5.42. The lowest BCUT2D eigenvalue weighted by Crippen LogP contribution is -2.46. The molecule has 0 aliphatic carbocycles. The molecule has 1 amide bonds. The van der Waals surface area contributed by atoms with Gasteiger partial charge in [0.2, 0.25) is 0 Å². The molecule has 4 atom stereocenters. The number of carbonyl (C=O) groups is 2. The third-order valence-corrected chi connectivity index (χ3v) is 6.17. The Hall–Kier alpha value is -3.21. The molecule has 35 heavy (non-hydrogen) atoms. The first-order valence-electron chi connectivity index (χ1n) is 11.4. The monoisotopic (exact) mass is 499 g/mol. The number of hydrogen-bond acceptors (Lipinski definition) is 7. The summed E-state index contributed by atoms with van der Waals surface area (Å²) in [6.45, 7) is 4.80. The average molecular weight is 500 g/mol. The molecule has 2 saturated heterocycles. The summed E-state index contributed by atoms with van der Waals surface area (Å²) in [5.74, 6) is -0.0145. The maximum Gasteiger partial charge on any atom is 0.412 e. The summed E-state index contributed by atoms with van der Waals surface area (Å²) in [4.78, 5) is 24.1. The number of rotatable bonds is 6. The highest BCUT2D eigenvalue weighted by molar-refractivity contribution is 7.80. The Kier molecular flexibility index (Phi) is 7.84. The molecule has 2 aromatic rings. The van der Waals surface area contributed by atoms with Crippen LogP contribution in [0.5, 0.6) is 0 Å². The van der Waals surface area contributed by atoms with Gasteiger partial charge in [-0.25, -0.2) is 9.59 Å². The van der Waals surface area contributed by atoms with Gasteiger partial charge in [-0.15, -0.1) is 0 Å². The van der Waals surface area contributed by atoms with Crippen LogP contribution >= 0.6 is 12.2 Å². The van der Waals surface area contributed by atoms with E-state index in [0.717, 1.165) is 0 Å². The van der Waals surface area contributed by atoms with E-state index in [4.69, 9.17) is 31.2 Å². The molecule has 0 spiro atoms. The predicted molar refractivity (Wildman–Crippen MR) is 135 cm³/mol. The summed E-state index contributed by atoms with van der Waals surface area (Å²) in [6.07, 6.45) is -1.80. The van der Waals surface area contributed by atoms with Crippen LogP contribution in [0.1, 0.15) is 35.7 Å². The number of hydrogen-bond donors (Lipinski definition) is 3. The average Bonchev–Trinajstić information content (AvgIpc) is 3.42. The third-order valence-electron chi connectivity index (χ3n) is 5.95. The van der Waals surface area contributed by atoms with Crippen molar-refractivity contribution in [3.63, 3.8) is 0 Å². The second-order valence-electron chi connectivity index (χ2n) is 8.72. The van der Waals surface area contributed by atoms with Crippen LogP contribution in [-0.4, -0.2) is 61.9 Å². The van der Waals surface area contributed by atoms with E-state index in [9.17, 15) is 9.59 Å². The number of ether oxygens (including phenoxy) is 4. The Morgan fingerprint density at radius 2 is 1.74 bits per heavy atom. The Labute approximate surface area is 209 Å². The van der Waals surface area contributed by atoms with Crippen molar-refractivity contribution in [1.82, 2.24) is 5.32 Å². The highest BCUT2D eigenvalue weighted by Gasteiger charge is 2.49. The number of fused-ring (bicyclic) bond motifs is 1. The molecule has 2 fully saturated rings. The van der Waals surface area contributed by atoms with Crippen molar-refractivity contribution in [2.24, 2.45) is 0 Å². The van der Waals surface area contributed by atoms with Crippen molar-refractivity contribution < 1.29 is 28.5 Å². The van der Waals surface area contributed by atoms with Crippen LogP contribution in [-0.2, 0) is 18.9 Å². The topological polar surface area (TPSA) is 107 Å². The van der Waals surface area contributed by atoms with Gasteiger partial charge in [-0.05, 0) is 54.0 Å². The van der Waals surface area contributed by atoms with Gasteiger partial charge in [-0.2, -0.15) is 0 Å². The number of methoxy groups -OCH3 is 1. The molecule has 0 aromatic heterocycles. The number of anilines is 2. The molecule has 10 heteroatoms. The summed E-state index contributed by atoms with van der Waals surface area (Å²) in [5.41, 5.74) is 2.91. The van der Waals surface area contributed by atoms with Gasteiger partial charge in [0.25, 0.3) is 0 Å². The van der Waals surface area contributed by atoms with Crippen LogP contribution in [0.15, 0.2) is 48.5 Å². The normalized spacial score (nSPS) is 22.9. The highest BCUT2D eigenvalue weighted by atomic mass is 32.1. The smallest absolute Gasteiger partial charge is 0.412 e. The number of carbonyl (C=O) groups excluding carboxylic acids is 2. The first kappa shape index (κ1) is 24.9. The standard InChI is InChI=1S/C25H29N3O6S/c1-14(2)15-7-9-17(10-8-15)27-25(30)34-20-13-33-21-19(12-32-22(20)21)28-24(35)26-18-6-4-5-16(11-18)23(29)31-3/h4-11,14,19-22H,12-13H2,1-3H3,(H,27,30)(H2,26,28,35)/t19-,20+,21+,22+/m0/s1. The second-order valence-corrected chi connectivity index (χ2v) is 9.13. The Morgan fingerprint density at radius 1 is 1.00 bits per heavy atom. The largest absolute Gasteiger partial charge is 0.465 e. The van der Waals surface area contributed by atoms with Crippen molar-refractivity contribution in [2.75, 3.05) is 31.0 Å². The summed E-state index contributed by atoms with van der Waals surface area (Å²) < 4.78 is 22.1. The van der Waals surface area contributed by atoms with Crippen LogP contribution in [0.2, 0.25) is 0 Å². The Balaban J connectivity index is 1.27. The fourth-order valence-corrected chi connectivity index (χ4v) is 4.37. The third kappa shape index (κ3) is 6.08. The van der Waals surface area contributed by atoms with E-state index in [1.54, 1.807) is 24.3 Å². The van der Waals surface area contributed by atoms with Gasteiger partial charge in [-0.3, -0.25) is 5.32 Å². The van der Waals surface area contributed by atoms with Gasteiger partial charge in [0.05, 0.1) is 31.9 Å². The minimum Gasteiger partial charge on any atom is -0.465 e. The van der Waals surface area contributed by atoms with E-state index in [0.29, 0.717) is 34.6 Å². The first-order chi connectivity index (χ1) is 16.8. The fourth-order valence-electron chi connectivity index (χ4n) is 4.10. The fraction of sp³-hybridized carbons (Fsp3) is 0.400. The van der Waals surface area contributed by atoms with E-state index in [2.05, 4.69) is 29.8 Å². The van der Waals surface area contributed by atoms with Gasteiger partial charge in [-0.1, -0.05) is 32.0 Å². The number of thiocarbonyl (C=S) groups is 1. The molecule has 2 aliphatic heterocycles. The molecule has 2 aliphatic rings. The van der Waals surface area contributed by atoms with Crippen LogP contribution in [0, 0.1) is 0 Å². The van der Waals surface area contributed by atoms with Gasteiger partial charge in [0.1, 0.15) is 12.2 Å². The Bertz CT molecular complexity index is 1080. The van der Waals surface area contributed by atoms with Crippen molar-refractivity contribution in [2.45, 2.75) is 44.1 Å². The maximum absolute atomic E-state index is 12.4. The van der Waals surface area contributed by atoms with Crippen LogP contribution < -0.4 is 16.0 Å². The van der Waals surface area contributed by atoms with Gasteiger partial charge >= 0.3 is 12.1 Å². The number of amides is 1. The molecule has 0 unspecified atom stereocenters. The molecule has 0 saturated carbocycles. The zero-order valence-corrected chi connectivity index (χ0v) is 20.6. The SMILES string of the molecule is COC(=O)c1cccc(NC(=S)N[C@H]2CO[C@H]3[C@@H]2OC[C@H]3OC(=O)Nc2ccc(C(C)C)cc2)c1. The molecule has 0 radical (unpaired) electrons. The quantitative estimate of drug-likeness (QED) is 0.405. The van der Waals surface area contributed by atoms with Crippen molar-refractivity contribution in [1.29, 1.82) is 0 Å². The van der Waals surface area contributed by atoms with Gasteiger partial charge in [0.15, 0.2) is 11.2 Å².